The van der Waals surface area contributed by atoms with Gasteiger partial charge >= 0.3 is 0 Å². The fraction of sp³-hybridized carbons (Fsp3) is 0.409. The van der Waals surface area contributed by atoms with Crippen molar-refractivity contribution in [2.75, 3.05) is 13.7 Å². The van der Waals surface area contributed by atoms with Gasteiger partial charge in [-0.1, -0.05) is 61.4 Å². The van der Waals surface area contributed by atoms with E-state index in [1.54, 1.807) is 7.11 Å². The average Bonchev–Trinajstić information content (AvgIpc) is 3.17. The van der Waals surface area contributed by atoms with Crippen LogP contribution in [0.3, 0.4) is 0 Å². The van der Waals surface area contributed by atoms with Crippen LogP contribution in [-0.4, -0.2) is 25.6 Å². The van der Waals surface area contributed by atoms with E-state index in [0.29, 0.717) is 13.0 Å². The Kier molecular flexibility index (Phi) is 5.94. The van der Waals surface area contributed by atoms with Crippen LogP contribution >= 0.6 is 0 Å². The van der Waals surface area contributed by atoms with Crippen molar-refractivity contribution in [2.45, 2.75) is 43.6 Å². The fourth-order valence-electron chi connectivity index (χ4n) is 4.02. The Morgan fingerprint density at radius 1 is 1.12 bits per heavy atom. The van der Waals surface area contributed by atoms with E-state index in [9.17, 15) is 4.79 Å². The van der Waals surface area contributed by atoms with Crippen LogP contribution in [0.4, 0.5) is 0 Å². The Balaban J connectivity index is 1.68. The molecule has 1 amide bonds. The van der Waals surface area contributed by atoms with Crippen LogP contribution in [0.15, 0.2) is 54.6 Å². The summed E-state index contributed by atoms with van der Waals surface area (Å²) in [5, 5.41) is 3.12. The summed E-state index contributed by atoms with van der Waals surface area (Å²) < 4.78 is 5.58. The number of nitrogens with two attached hydrogens (primary N) is 1. The average molecular weight is 352 g/mol. The number of para-hydroxylation sites is 1. The summed E-state index contributed by atoms with van der Waals surface area (Å²) in [7, 11) is 1.70. The summed E-state index contributed by atoms with van der Waals surface area (Å²) in [5.41, 5.74) is 8.35. The molecule has 0 aromatic heterocycles. The molecular formula is C22H28N2O2. The van der Waals surface area contributed by atoms with Gasteiger partial charge in [-0.15, -0.1) is 0 Å². The van der Waals surface area contributed by atoms with Crippen molar-refractivity contribution >= 4 is 5.91 Å². The van der Waals surface area contributed by atoms with E-state index < -0.39 is 6.04 Å². The van der Waals surface area contributed by atoms with Gasteiger partial charge in [0.1, 0.15) is 5.75 Å². The molecule has 0 spiro atoms. The SMILES string of the molecule is COc1ccccc1C1(CNC(=O)[C@H](N)Cc2ccccc2)CCCC1. The van der Waals surface area contributed by atoms with Gasteiger partial charge in [-0.25, -0.2) is 0 Å². The van der Waals surface area contributed by atoms with Crippen LogP contribution in [0, 0.1) is 0 Å². The van der Waals surface area contributed by atoms with Crippen molar-refractivity contribution in [3.63, 3.8) is 0 Å². The number of nitrogens with one attached hydrogen (secondary N) is 1. The fourth-order valence-corrected chi connectivity index (χ4v) is 4.02. The number of rotatable bonds is 7. The van der Waals surface area contributed by atoms with Crippen LogP contribution in [0.2, 0.25) is 0 Å². The van der Waals surface area contributed by atoms with E-state index in [4.69, 9.17) is 10.5 Å². The minimum absolute atomic E-state index is 0.0608. The van der Waals surface area contributed by atoms with Gasteiger partial charge in [0.15, 0.2) is 0 Å². The predicted octanol–water partition coefficient (Wildman–Crippen LogP) is 3.19. The Morgan fingerprint density at radius 2 is 1.77 bits per heavy atom. The van der Waals surface area contributed by atoms with Gasteiger partial charge in [0, 0.05) is 17.5 Å². The van der Waals surface area contributed by atoms with Crippen molar-refractivity contribution in [3.8, 4) is 5.75 Å². The lowest BCUT2D eigenvalue weighted by atomic mass is 9.78. The number of amides is 1. The first kappa shape index (κ1) is 18.5. The highest BCUT2D eigenvalue weighted by Gasteiger charge is 2.38. The maximum absolute atomic E-state index is 12.6. The number of carbonyl (C=O) groups is 1. The molecule has 3 N–H and O–H groups in total. The zero-order valence-corrected chi connectivity index (χ0v) is 15.4. The van der Waals surface area contributed by atoms with Gasteiger partial charge in [-0.2, -0.15) is 0 Å². The van der Waals surface area contributed by atoms with Crippen LogP contribution < -0.4 is 15.8 Å². The Labute approximate surface area is 155 Å². The van der Waals surface area contributed by atoms with Crippen molar-refractivity contribution in [3.05, 3.63) is 65.7 Å². The van der Waals surface area contributed by atoms with E-state index >= 15 is 0 Å². The third-order valence-electron chi connectivity index (χ3n) is 5.48. The highest BCUT2D eigenvalue weighted by Crippen LogP contribution is 2.44. The van der Waals surface area contributed by atoms with E-state index in [1.807, 2.05) is 48.5 Å². The Morgan fingerprint density at radius 3 is 2.46 bits per heavy atom. The smallest absolute Gasteiger partial charge is 0.237 e. The van der Waals surface area contributed by atoms with Crippen molar-refractivity contribution in [1.29, 1.82) is 0 Å². The summed E-state index contributed by atoms with van der Waals surface area (Å²) in [5.74, 6) is 0.812. The summed E-state index contributed by atoms with van der Waals surface area (Å²) in [6.07, 6.45) is 5.01. The molecule has 1 aliphatic carbocycles. The second-order valence-corrected chi connectivity index (χ2v) is 7.20. The minimum Gasteiger partial charge on any atom is -0.496 e. The van der Waals surface area contributed by atoms with Gasteiger partial charge < -0.3 is 15.8 Å². The standard InChI is InChI=1S/C22H28N2O2/c1-26-20-12-6-5-11-18(20)22(13-7-8-14-22)16-24-21(25)19(23)15-17-9-3-2-4-10-17/h2-6,9-12,19H,7-8,13-16,23H2,1H3,(H,24,25)/t19-/m1/s1. The number of hydrogen-bond acceptors (Lipinski definition) is 3. The molecule has 1 fully saturated rings. The summed E-state index contributed by atoms with van der Waals surface area (Å²) in [6.45, 7) is 0.606. The highest BCUT2D eigenvalue weighted by molar-refractivity contribution is 5.82. The van der Waals surface area contributed by atoms with Crippen LogP contribution in [0.1, 0.15) is 36.8 Å². The molecule has 1 atom stereocenters. The van der Waals surface area contributed by atoms with E-state index in [0.717, 1.165) is 24.2 Å². The number of carbonyl (C=O) groups excluding carboxylic acids is 1. The monoisotopic (exact) mass is 352 g/mol. The molecule has 0 aliphatic heterocycles. The summed E-state index contributed by atoms with van der Waals surface area (Å²) in [6, 6.07) is 17.5. The minimum atomic E-state index is -0.534. The maximum atomic E-state index is 12.6. The molecule has 3 rings (SSSR count). The molecule has 4 heteroatoms. The van der Waals surface area contributed by atoms with Gasteiger partial charge in [0.05, 0.1) is 13.2 Å². The van der Waals surface area contributed by atoms with Crippen LogP contribution in [0.5, 0.6) is 5.75 Å². The van der Waals surface area contributed by atoms with Crippen LogP contribution in [-0.2, 0) is 16.6 Å². The quantitative estimate of drug-likeness (QED) is 0.804. The highest BCUT2D eigenvalue weighted by atomic mass is 16.5. The molecule has 0 unspecified atom stereocenters. The first-order valence-corrected chi connectivity index (χ1v) is 9.35. The van der Waals surface area contributed by atoms with E-state index in [2.05, 4.69) is 11.4 Å². The van der Waals surface area contributed by atoms with E-state index in [-0.39, 0.29) is 11.3 Å². The van der Waals surface area contributed by atoms with E-state index in [1.165, 1.54) is 18.4 Å². The number of benzene rings is 2. The molecule has 0 saturated heterocycles. The lowest BCUT2D eigenvalue weighted by Gasteiger charge is -2.31. The molecule has 2 aromatic carbocycles. The molecule has 26 heavy (non-hydrogen) atoms. The molecular weight excluding hydrogens is 324 g/mol. The summed E-state index contributed by atoms with van der Waals surface area (Å²) >= 11 is 0. The van der Waals surface area contributed by atoms with Crippen molar-refractivity contribution < 1.29 is 9.53 Å². The molecule has 138 valence electrons. The Hall–Kier alpha value is -2.33. The second-order valence-electron chi connectivity index (χ2n) is 7.20. The molecule has 0 radical (unpaired) electrons. The first-order valence-electron chi connectivity index (χ1n) is 9.35. The van der Waals surface area contributed by atoms with Gasteiger partial charge in [0.2, 0.25) is 5.91 Å². The first-order chi connectivity index (χ1) is 12.6. The van der Waals surface area contributed by atoms with Gasteiger partial charge in [-0.3, -0.25) is 4.79 Å². The van der Waals surface area contributed by atoms with Crippen LogP contribution in [0.25, 0.3) is 0 Å². The Bertz CT molecular complexity index is 724. The van der Waals surface area contributed by atoms with Crippen molar-refractivity contribution in [1.82, 2.24) is 5.32 Å². The third kappa shape index (κ3) is 4.07. The summed E-state index contributed by atoms with van der Waals surface area (Å²) in [4.78, 5) is 12.6. The lowest BCUT2D eigenvalue weighted by molar-refractivity contribution is -0.122. The number of methoxy groups -OCH3 is 1. The number of hydrogen-bond donors (Lipinski definition) is 2. The topological polar surface area (TPSA) is 64.3 Å². The zero-order chi connectivity index (χ0) is 18.4. The molecule has 2 aromatic rings. The lowest BCUT2D eigenvalue weighted by Crippen LogP contribution is -2.47. The number of ether oxygens (including phenoxy) is 1. The van der Waals surface area contributed by atoms with Gasteiger partial charge in [-0.05, 0) is 30.9 Å². The molecule has 4 nitrogen and oxygen atoms in total. The largest absolute Gasteiger partial charge is 0.496 e. The third-order valence-corrected chi connectivity index (χ3v) is 5.48. The van der Waals surface area contributed by atoms with Crippen molar-refractivity contribution in [2.24, 2.45) is 5.73 Å². The predicted molar refractivity (Wildman–Crippen MR) is 104 cm³/mol. The molecule has 1 aliphatic rings. The maximum Gasteiger partial charge on any atom is 0.237 e. The normalized spacial score (nSPS) is 16.8. The molecule has 1 saturated carbocycles. The molecule has 0 heterocycles. The second kappa shape index (κ2) is 8.37. The zero-order valence-electron chi connectivity index (χ0n) is 15.4. The van der Waals surface area contributed by atoms with Gasteiger partial charge in [0.25, 0.3) is 0 Å². The molecule has 0 bridgehead atoms.